The first-order valence-electron chi connectivity index (χ1n) is 7.37. The molecule has 0 aliphatic carbocycles. The number of carbonyl (C=O) groups excluding carboxylic acids is 1. The molecule has 2 rings (SSSR count). The largest absolute Gasteiger partial charge is 0.383 e. The van der Waals surface area contributed by atoms with Crippen LogP contribution in [0.15, 0.2) is 41.7 Å². The zero-order valence-corrected chi connectivity index (χ0v) is 14.4. The number of nitrogens with zero attached hydrogens (tertiary/aromatic N) is 2. The number of aryl methyl sites for hydroxylation is 1. The summed E-state index contributed by atoms with van der Waals surface area (Å²) in [5.41, 5.74) is 8.02. The van der Waals surface area contributed by atoms with Crippen molar-refractivity contribution < 1.29 is 4.79 Å². The van der Waals surface area contributed by atoms with Crippen LogP contribution in [-0.2, 0) is 0 Å². The van der Waals surface area contributed by atoms with E-state index in [9.17, 15) is 9.59 Å². The van der Waals surface area contributed by atoms with E-state index >= 15 is 0 Å². The molecular weight excluding hydrogens is 310 g/mol. The normalized spacial score (nSPS) is 11.0. The predicted octanol–water partition coefficient (Wildman–Crippen LogP) is 3.68. The SMILES string of the molecule is C=CCSC(=O)n1c(N)c(-c2ccccc2C)c(=O)n1C(C)C. The van der Waals surface area contributed by atoms with Crippen LogP contribution in [0.4, 0.5) is 10.6 Å². The van der Waals surface area contributed by atoms with Gasteiger partial charge in [0.05, 0.1) is 5.56 Å². The Kier molecular flexibility index (Phi) is 5.15. The number of nitrogen functional groups attached to an aromatic ring is 1. The summed E-state index contributed by atoms with van der Waals surface area (Å²) in [7, 11) is 0. The number of anilines is 1. The summed E-state index contributed by atoms with van der Waals surface area (Å²) in [6.07, 6.45) is 1.64. The zero-order chi connectivity index (χ0) is 17.1. The average molecular weight is 331 g/mol. The Hall–Kier alpha value is -2.21. The smallest absolute Gasteiger partial charge is 0.306 e. The molecule has 0 unspecified atom stereocenters. The van der Waals surface area contributed by atoms with Crippen molar-refractivity contribution in [3.63, 3.8) is 0 Å². The fourth-order valence-electron chi connectivity index (χ4n) is 2.49. The van der Waals surface area contributed by atoms with Gasteiger partial charge in [-0.15, -0.1) is 6.58 Å². The van der Waals surface area contributed by atoms with Crippen LogP contribution in [0, 0.1) is 6.92 Å². The second-order valence-electron chi connectivity index (χ2n) is 5.50. The molecule has 23 heavy (non-hydrogen) atoms. The molecule has 1 aromatic carbocycles. The second-order valence-corrected chi connectivity index (χ2v) is 6.47. The van der Waals surface area contributed by atoms with Crippen molar-refractivity contribution >= 4 is 22.8 Å². The van der Waals surface area contributed by atoms with Crippen LogP contribution >= 0.6 is 11.8 Å². The standard InChI is InChI=1S/C17H21N3O2S/c1-5-10-23-17(22)20-15(18)14(16(21)19(20)11(2)3)13-9-7-6-8-12(13)4/h5-9,11H,1,10,18H2,2-4H3. The van der Waals surface area contributed by atoms with Crippen LogP contribution in [0.2, 0.25) is 0 Å². The maximum absolute atomic E-state index is 12.9. The predicted molar refractivity (Wildman–Crippen MR) is 97.1 cm³/mol. The van der Waals surface area contributed by atoms with Crippen molar-refractivity contribution in [2.45, 2.75) is 26.8 Å². The summed E-state index contributed by atoms with van der Waals surface area (Å²) in [5, 5.41) is -0.284. The number of rotatable bonds is 4. The Morgan fingerprint density at radius 1 is 1.39 bits per heavy atom. The Balaban J connectivity index is 2.72. The third-order valence-corrected chi connectivity index (χ3v) is 4.35. The van der Waals surface area contributed by atoms with Crippen LogP contribution in [0.25, 0.3) is 11.1 Å². The molecule has 1 aromatic heterocycles. The quantitative estimate of drug-likeness (QED) is 0.868. The molecule has 1 heterocycles. The lowest BCUT2D eigenvalue weighted by Gasteiger charge is -2.13. The maximum atomic E-state index is 12.9. The topological polar surface area (TPSA) is 70.0 Å². The maximum Gasteiger partial charge on any atom is 0.306 e. The highest BCUT2D eigenvalue weighted by atomic mass is 32.2. The number of aromatic nitrogens is 2. The molecule has 0 spiro atoms. The van der Waals surface area contributed by atoms with E-state index in [2.05, 4.69) is 6.58 Å². The Labute approximate surface area is 139 Å². The van der Waals surface area contributed by atoms with E-state index < -0.39 is 0 Å². The molecule has 0 aliphatic heterocycles. The highest BCUT2D eigenvalue weighted by molar-refractivity contribution is 8.13. The number of hydrogen-bond acceptors (Lipinski definition) is 4. The number of thioether (sulfide) groups is 1. The first-order valence-corrected chi connectivity index (χ1v) is 8.35. The molecule has 6 heteroatoms. The van der Waals surface area contributed by atoms with E-state index in [1.165, 1.54) is 9.36 Å². The first-order chi connectivity index (χ1) is 10.9. The van der Waals surface area contributed by atoms with E-state index in [0.717, 1.165) is 22.9 Å². The molecule has 0 fully saturated rings. The van der Waals surface area contributed by atoms with E-state index in [1.807, 2.05) is 45.0 Å². The van der Waals surface area contributed by atoms with Gasteiger partial charge in [0.2, 0.25) is 0 Å². The van der Waals surface area contributed by atoms with E-state index in [1.54, 1.807) is 6.08 Å². The van der Waals surface area contributed by atoms with E-state index in [0.29, 0.717) is 11.3 Å². The molecule has 0 bridgehead atoms. The van der Waals surface area contributed by atoms with Crippen molar-refractivity contribution in [1.82, 2.24) is 9.36 Å². The van der Waals surface area contributed by atoms with Crippen molar-refractivity contribution in [3.05, 3.63) is 52.8 Å². The lowest BCUT2D eigenvalue weighted by molar-refractivity contribution is 0.254. The van der Waals surface area contributed by atoms with Gasteiger partial charge in [0.1, 0.15) is 5.82 Å². The lowest BCUT2D eigenvalue weighted by Crippen LogP contribution is -2.28. The van der Waals surface area contributed by atoms with Gasteiger partial charge < -0.3 is 5.73 Å². The van der Waals surface area contributed by atoms with E-state index in [4.69, 9.17) is 5.73 Å². The van der Waals surface area contributed by atoms with E-state index in [-0.39, 0.29) is 22.7 Å². The van der Waals surface area contributed by atoms with Crippen molar-refractivity contribution in [2.24, 2.45) is 0 Å². The minimum Gasteiger partial charge on any atom is -0.383 e. The number of hydrogen-bond donors (Lipinski definition) is 1. The molecule has 5 nitrogen and oxygen atoms in total. The first kappa shape index (κ1) is 17.1. The monoisotopic (exact) mass is 331 g/mol. The number of carbonyl (C=O) groups is 1. The summed E-state index contributed by atoms with van der Waals surface area (Å²) in [4.78, 5) is 25.3. The summed E-state index contributed by atoms with van der Waals surface area (Å²) >= 11 is 1.06. The third kappa shape index (κ3) is 3.12. The van der Waals surface area contributed by atoms with Crippen LogP contribution in [0.3, 0.4) is 0 Å². The van der Waals surface area contributed by atoms with Gasteiger partial charge in [0, 0.05) is 11.8 Å². The van der Waals surface area contributed by atoms with Gasteiger partial charge in [-0.25, -0.2) is 4.68 Å². The Morgan fingerprint density at radius 3 is 2.61 bits per heavy atom. The number of benzene rings is 1. The van der Waals surface area contributed by atoms with Gasteiger partial charge in [0.15, 0.2) is 0 Å². The summed E-state index contributed by atoms with van der Waals surface area (Å²) in [6, 6.07) is 7.33. The summed E-state index contributed by atoms with van der Waals surface area (Å²) in [6.45, 7) is 9.23. The highest BCUT2D eigenvalue weighted by Gasteiger charge is 2.25. The summed E-state index contributed by atoms with van der Waals surface area (Å²) in [5.74, 6) is 0.641. The summed E-state index contributed by atoms with van der Waals surface area (Å²) < 4.78 is 2.69. The van der Waals surface area contributed by atoms with Gasteiger partial charge in [-0.1, -0.05) is 42.1 Å². The molecule has 2 aromatic rings. The molecule has 2 N–H and O–H groups in total. The molecular formula is C17H21N3O2S. The molecule has 0 amide bonds. The molecule has 0 radical (unpaired) electrons. The van der Waals surface area contributed by atoms with Gasteiger partial charge in [-0.05, 0) is 31.9 Å². The molecule has 0 atom stereocenters. The highest BCUT2D eigenvalue weighted by Crippen LogP contribution is 2.28. The van der Waals surface area contributed by atoms with Crippen LogP contribution in [0.5, 0.6) is 0 Å². The fraction of sp³-hybridized carbons (Fsp3) is 0.294. The second kappa shape index (κ2) is 6.91. The average Bonchev–Trinajstić information content (AvgIpc) is 2.77. The van der Waals surface area contributed by atoms with Crippen molar-refractivity contribution in [3.8, 4) is 11.1 Å². The van der Waals surface area contributed by atoms with Crippen LogP contribution in [-0.4, -0.2) is 20.4 Å². The van der Waals surface area contributed by atoms with Crippen LogP contribution in [0.1, 0.15) is 25.5 Å². The van der Waals surface area contributed by atoms with Gasteiger partial charge >= 0.3 is 5.24 Å². The molecule has 0 aliphatic rings. The van der Waals surface area contributed by atoms with Gasteiger partial charge in [-0.2, -0.15) is 4.68 Å². The number of nitrogens with two attached hydrogens (primary N) is 1. The Morgan fingerprint density at radius 2 is 2.04 bits per heavy atom. The van der Waals surface area contributed by atoms with Gasteiger partial charge in [-0.3, -0.25) is 9.59 Å². The third-order valence-electron chi connectivity index (χ3n) is 3.52. The lowest BCUT2D eigenvalue weighted by atomic mass is 10.0. The molecule has 0 saturated carbocycles. The fourth-order valence-corrected chi connectivity index (χ4v) is 3.06. The molecule has 122 valence electrons. The minimum atomic E-state index is -0.284. The van der Waals surface area contributed by atoms with Crippen molar-refractivity contribution in [1.29, 1.82) is 0 Å². The minimum absolute atomic E-state index is 0.180. The van der Waals surface area contributed by atoms with Gasteiger partial charge in [0.25, 0.3) is 5.56 Å². The Bertz CT molecular complexity index is 803. The van der Waals surface area contributed by atoms with Crippen molar-refractivity contribution in [2.75, 3.05) is 11.5 Å². The molecule has 0 saturated heterocycles. The zero-order valence-electron chi connectivity index (χ0n) is 13.6. The van der Waals surface area contributed by atoms with Crippen LogP contribution < -0.4 is 11.3 Å².